The van der Waals surface area contributed by atoms with E-state index in [2.05, 4.69) is 34.6 Å². The average molecular weight is 591 g/mol. The fourth-order valence-corrected chi connectivity index (χ4v) is 7.08. The monoisotopic (exact) mass is 591 g/mol. The van der Waals surface area contributed by atoms with Crippen LogP contribution < -0.4 is 0 Å². The number of rotatable bonds is 36. The molecule has 0 N–H and O–H groups in total. The minimum Gasteiger partial charge on any atom is -0.0654 e. The average Bonchev–Trinajstić information content (AvgIpc) is 2.98. The first-order chi connectivity index (χ1) is 20.6. The van der Waals surface area contributed by atoms with Gasteiger partial charge in [-0.25, -0.2) is 0 Å². The van der Waals surface area contributed by atoms with Crippen LogP contribution in [0, 0.1) is 17.8 Å². The molecular formula is C42H86. The van der Waals surface area contributed by atoms with Crippen LogP contribution in [0.3, 0.4) is 0 Å². The van der Waals surface area contributed by atoms with Crippen molar-refractivity contribution in [1.82, 2.24) is 0 Å². The van der Waals surface area contributed by atoms with Crippen molar-refractivity contribution in [2.75, 3.05) is 0 Å². The minimum absolute atomic E-state index is 0.948. The van der Waals surface area contributed by atoms with Crippen LogP contribution in [0.5, 0.6) is 0 Å². The Morgan fingerprint density at radius 1 is 0.214 bits per heavy atom. The molecule has 0 rings (SSSR count). The molecule has 0 heterocycles. The third kappa shape index (κ3) is 34.5. The Labute approximate surface area is 270 Å². The second-order valence-electron chi connectivity index (χ2n) is 15.2. The molecule has 42 heavy (non-hydrogen) atoms. The predicted molar refractivity (Wildman–Crippen MR) is 196 cm³/mol. The predicted octanol–water partition coefficient (Wildman–Crippen LogP) is 16.2. The van der Waals surface area contributed by atoms with E-state index in [0.29, 0.717) is 0 Å². The standard InChI is InChI=1S/C42H86/c1-6-8-10-12-14-15-16-17-18-19-20-21-22-23-24-25-27-30-34-40(3)36-31-28-32-37-42(5)39-33-38-41(4)35-29-26-13-11-9-7-2/h40-42H,6-39H2,1-5H3. The summed E-state index contributed by atoms with van der Waals surface area (Å²) >= 11 is 0. The highest BCUT2D eigenvalue weighted by Crippen LogP contribution is 2.23. The minimum atomic E-state index is 0.948. The van der Waals surface area contributed by atoms with Gasteiger partial charge in [-0.3, -0.25) is 0 Å². The van der Waals surface area contributed by atoms with Crippen LogP contribution >= 0.6 is 0 Å². The van der Waals surface area contributed by atoms with E-state index in [0.717, 1.165) is 17.8 Å². The summed E-state index contributed by atoms with van der Waals surface area (Å²) in [4.78, 5) is 0. The second-order valence-corrected chi connectivity index (χ2v) is 15.2. The van der Waals surface area contributed by atoms with E-state index in [1.165, 1.54) is 218 Å². The smallest absolute Gasteiger partial charge is 0.0443 e. The van der Waals surface area contributed by atoms with Gasteiger partial charge in [-0.15, -0.1) is 0 Å². The summed E-state index contributed by atoms with van der Waals surface area (Å²) in [5, 5.41) is 0. The molecule has 254 valence electrons. The summed E-state index contributed by atoms with van der Waals surface area (Å²) in [6.45, 7) is 12.2. The first-order valence-electron chi connectivity index (χ1n) is 20.6. The van der Waals surface area contributed by atoms with Crippen LogP contribution in [-0.4, -0.2) is 0 Å². The summed E-state index contributed by atoms with van der Waals surface area (Å²) in [5.74, 6) is 2.86. The van der Waals surface area contributed by atoms with E-state index in [-0.39, 0.29) is 0 Å². The van der Waals surface area contributed by atoms with Crippen molar-refractivity contribution in [1.29, 1.82) is 0 Å². The van der Waals surface area contributed by atoms with Crippen molar-refractivity contribution in [3.63, 3.8) is 0 Å². The number of hydrogen-bond donors (Lipinski definition) is 0. The Hall–Kier alpha value is 0. The molecule has 0 saturated heterocycles. The first-order valence-corrected chi connectivity index (χ1v) is 20.6. The van der Waals surface area contributed by atoms with Gasteiger partial charge in [-0.2, -0.15) is 0 Å². The summed E-state index contributed by atoms with van der Waals surface area (Å²) < 4.78 is 0. The lowest BCUT2D eigenvalue weighted by Gasteiger charge is -2.15. The first kappa shape index (κ1) is 42.0. The lowest BCUT2D eigenvalue weighted by molar-refractivity contribution is 0.385. The highest BCUT2D eigenvalue weighted by Gasteiger charge is 2.07. The lowest BCUT2D eigenvalue weighted by atomic mass is 9.91. The van der Waals surface area contributed by atoms with Gasteiger partial charge >= 0.3 is 0 Å². The van der Waals surface area contributed by atoms with Crippen LogP contribution in [0.15, 0.2) is 0 Å². The highest BCUT2D eigenvalue weighted by molar-refractivity contribution is 4.61. The van der Waals surface area contributed by atoms with E-state index < -0.39 is 0 Å². The molecule has 0 spiro atoms. The Bertz CT molecular complexity index is 467. The molecule has 0 fully saturated rings. The molecule has 0 aromatic heterocycles. The van der Waals surface area contributed by atoms with E-state index in [9.17, 15) is 0 Å². The zero-order chi connectivity index (χ0) is 30.8. The number of hydrogen-bond acceptors (Lipinski definition) is 0. The molecule has 3 unspecified atom stereocenters. The molecule has 0 heteroatoms. The maximum Gasteiger partial charge on any atom is -0.0443 e. The molecule has 0 aromatic carbocycles. The van der Waals surface area contributed by atoms with Crippen LogP contribution in [0.1, 0.15) is 253 Å². The van der Waals surface area contributed by atoms with Crippen LogP contribution in [0.25, 0.3) is 0 Å². The Balaban J connectivity index is 3.30. The largest absolute Gasteiger partial charge is 0.0654 e. The third-order valence-electron chi connectivity index (χ3n) is 10.4. The van der Waals surface area contributed by atoms with Gasteiger partial charge in [0.2, 0.25) is 0 Å². The van der Waals surface area contributed by atoms with Crippen molar-refractivity contribution in [2.24, 2.45) is 17.8 Å². The highest BCUT2D eigenvalue weighted by atomic mass is 14.1. The summed E-state index contributed by atoms with van der Waals surface area (Å²) in [6, 6.07) is 0. The molecule has 0 amide bonds. The quantitative estimate of drug-likeness (QED) is 0.0637. The Morgan fingerprint density at radius 3 is 0.619 bits per heavy atom. The molecule has 0 aliphatic heterocycles. The lowest BCUT2D eigenvalue weighted by Crippen LogP contribution is -2.00. The van der Waals surface area contributed by atoms with Crippen molar-refractivity contribution in [3.8, 4) is 0 Å². The van der Waals surface area contributed by atoms with Gasteiger partial charge in [-0.1, -0.05) is 253 Å². The molecule has 0 aliphatic rings. The van der Waals surface area contributed by atoms with Gasteiger partial charge in [0.25, 0.3) is 0 Å². The topological polar surface area (TPSA) is 0 Å². The van der Waals surface area contributed by atoms with Gasteiger partial charge < -0.3 is 0 Å². The van der Waals surface area contributed by atoms with Gasteiger partial charge in [0, 0.05) is 0 Å². The Kier molecular flexibility index (Phi) is 35.5. The van der Waals surface area contributed by atoms with Crippen LogP contribution in [-0.2, 0) is 0 Å². The summed E-state index contributed by atoms with van der Waals surface area (Å²) in [5.41, 5.74) is 0. The van der Waals surface area contributed by atoms with Crippen molar-refractivity contribution >= 4 is 0 Å². The zero-order valence-corrected chi connectivity index (χ0v) is 30.8. The van der Waals surface area contributed by atoms with E-state index in [1.54, 1.807) is 0 Å². The maximum absolute atomic E-state index is 2.52. The molecule has 0 aromatic rings. The molecule has 0 saturated carbocycles. The Morgan fingerprint density at radius 2 is 0.381 bits per heavy atom. The van der Waals surface area contributed by atoms with Crippen LogP contribution in [0.2, 0.25) is 0 Å². The van der Waals surface area contributed by atoms with E-state index in [1.807, 2.05) is 0 Å². The second kappa shape index (κ2) is 35.5. The van der Waals surface area contributed by atoms with Crippen molar-refractivity contribution in [2.45, 2.75) is 253 Å². The SMILES string of the molecule is CCCCCCCCCCCCCCCCCCCCC(C)CCCCCC(C)CCCC(C)CCCCCCCC. The zero-order valence-electron chi connectivity index (χ0n) is 30.8. The van der Waals surface area contributed by atoms with E-state index in [4.69, 9.17) is 0 Å². The maximum atomic E-state index is 2.52. The molecule has 3 atom stereocenters. The fraction of sp³-hybridized carbons (Fsp3) is 1.00. The summed E-state index contributed by atoms with van der Waals surface area (Å²) in [6.07, 6.45) is 50.0. The van der Waals surface area contributed by atoms with Gasteiger partial charge in [0.05, 0.1) is 0 Å². The third-order valence-corrected chi connectivity index (χ3v) is 10.4. The molecular weight excluding hydrogens is 504 g/mol. The van der Waals surface area contributed by atoms with Gasteiger partial charge in [0.1, 0.15) is 0 Å². The summed E-state index contributed by atoms with van der Waals surface area (Å²) in [7, 11) is 0. The molecule has 0 nitrogen and oxygen atoms in total. The molecule has 0 radical (unpaired) electrons. The van der Waals surface area contributed by atoms with Gasteiger partial charge in [0.15, 0.2) is 0 Å². The fourth-order valence-electron chi connectivity index (χ4n) is 7.08. The molecule has 0 bridgehead atoms. The number of unbranched alkanes of at least 4 members (excludes halogenated alkanes) is 24. The van der Waals surface area contributed by atoms with E-state index >= 15 is 0 Å². The van der Waals surface area contributed by atoms with Crippen LogP contribution in [0.4, 0.5) is 0 Å². The normalized spacial score (nSPS) is 13.9. The van der Waals surface area contributed by atoms with Gasteiger partial charge in [-0.05, 0) is 17.8 Å². The van der Waals surface area contributed by atoms with Crippen molar-refractivity contribution in [3.05, 3.63) is 0 Å². The van der Waals surface area contributed by atoms with Crippen molar-refractivity contribution < 1.29 is 0 Å². The molecule has 0 aliphatic carbocycles.